The van der Waals surface area contributed by atoms with Gasteiger partial charge in [-0.15, -0.1) is 0 Å². The van der Waals surface area contributed by atoms with E-state index in [4.69, 9.17) is 4.74 Å². The minimum atomic E-state index is -3.23. The predicted molar refractivity (Wildman–Crippen MR) is 158 cm³/mol. The van der Waals surface area contributed by atoms with E-state index in [1.54, 1.807) is 44.3 Å². The van der Waals surface area contributed by atoms with Crippen LogP contribution in [0.5, 0.6) is 5.75 Å². The minimum absolute atomic E-state index is 0.0252. The molecule has 0 fully saturated rings. The smallest absolute Gasteiger partial charge is 0.298 e. The minimum Gasteiger partial charge on any atom is -0.491 e. The summed E-state index contributed by atoms with van der Waals surface area (Å²) in [5, 5.41) is 18.5. The number of hydrogen-bond acceptors (Lipinski definition) is 6. The lowest BCUT2D eigenvalue weighted by Gasteiger charge is -2.42. The highest BCUT2D eigenvalue weighted by Gasteiger charge is 2.43. The number of alkyl halides is 2. The van der Waals surface area contributed by atoms with Crippen molar-refractivity contribution in [1.29, 1.82) is 5.26 Å². The summed E-state index contributed by atoms with van der Waals surface area (Å²) in [5.41, 5.74) is 0.645. The van der Waals surface area contributed by atoms with E-state index in [9.17, 15) is 14.9 Å². The molecule has 43 heavy (non-hydrogen) atoms. The van der Waals surface area contributed by atoms with Gasteiger partial charge in [0.1, 0.15) is 24.1 Å². The average Bonchev–Trinajstić information content (AvgIpc) is 3.42. The number of halogens is 2. The number of hydrogen-bond donors (Lipinski definition) is 2. The molecule has 0 saturated carbocycles. The van der Waals surface area contributed by atoms with E-state index < -0.39 is 22.9 Å². The Balaban J connectivity index is 1.40. The Hall–Kier alpha value is -4.86. The third kappa shape index (κ3) is 5.77. The molecule has 0 saturated heterocycles. The summed E-state index contributed by atoms with van der Waals surface area (Å²) in [6, 6.07) is 19.7. The molecule has 2 N–H and O–H groups in total. The van der Waals surface area contributed by atoms with E-state index in [-0.39, 0.29) is 34.5 Å². The monoisotopic (exact) mass is 597 g/mol. The van der Waals surface area contributed by atoms with Gasteiger partial charge in [-0.3, -0.25) is 14.3 Å². The van der Waals surface area contributed by atoms with Crippen molar-refractivity contribution in [2.75, 3.05) is 30.4 Å². The third-order valence-electron chi connectivity index (χ3n) is 7.03. The molecule has 0 bridgehead atoms. The number of nitriles is 1. The number of rotatable bonds is 9. The summed E-state index contributed by atoms with van der Waals surface area (Å²) in [5.74, 6) is -3.99. The molecule has 3 radical (unpaired) electrons. The number of anilines is 2. The van der Waals surface area contributed by atoms with E-state index in [1.165, 1.54) is 58.2 Å². The van der Waals surface area contributed by atoms with Gasteiger partial charge in [-0.25, -0.2) is 0 Å². The van der Waals surface area contributed by atoms with Crippen LogP contribution in [0.15, 0.2) is 79.0 Å². The lowest BCUT2D eigenvalue weighted by Crippen LogP contribution is -2.58. The lowest BCUT2D eigenvalue weighted by molar-refractivity contribution is 0.0428. The van der Waals surface area contributed by atoms with Gasteiger partial charge >= 0.3 is 0 Å². The van der Waals surface area contributed by atoms with E-state index in [1.807, 2.05) is 0 Å². The Morgan fingerprint density at radius 2 is 1.84 bits per heavy atom. The quantitative estimate of drug-likeness (QED) is 0.220. The Morgan fingerprint density at radius 1 is 1.14 bits per heavy atom. The van der Waals surface area contributed by atoms with Crippen LogP contribution >= 0.6 is 0 Å². The van der Waals surface area contributed by atoms with Crippen LogP contribution in [-0.4, -0.2) is 57.2 Å². The van der Waals surface area contributed by atoms with Crippen molar-refractivity contribution in [2.45, 2.75) is 24.6 Å². The van der Waals surface area contributed by atoms with E-state index in [0.717, 1.165) is 0 Å². The zero-order chi connectivity index (χ0) is 30.8. The number of ether oxygens (including phenoxy) is 1. The van der Waals surface area contributed by atoms with Crippen LogP contribution in [0, 0.1) is 11.3 Å². The molecule has 0 spiro atoms. The topological polar surface area (TPSA) is 112 Å². The van der Waals surface area contributed by atoms with E-state index in [0.29, 0.717) is 30.3 Å². The second-order valence-electron chi connectivity index (χ2n) is 10.2. The van der Waals surface area contributed by atoms with Gasteiger partial charge in [0, 0.05) is 34.2 Å². The molecule has 5 rings (SSSR count). The Morgan fingerprint density at radius 3 is 2.51 bits per heavy atom. The SMILES string of the molecule is CNCCOc1ccc(NC(=O)c2cnn3c2C(=O)N(c2ccc(C(F)(F)c4ccccc4)cc2)[C@@](C)([Si])C3)cc1C#N. The van der Waals surface area contributed by atoms with Crippen LogP contribution in [-0.2, 0) is 12.5 Å². The molecule has 0 aliphatic carbocycles. The van der Waals surface area contributed by atoms with Gasteiger partial charge in [-0.1, -0.05) is 42.5 Å². The van der Waals surface area contributed by atoms with E-state index >= 15 is 8.78 Å². The normalized spacial score (nSPS) is 16.4. The molecule has 1 atom stereocenters. The third-order valence-corrected chi connectivity index (χ3v) is 7.41. The molecular formula is C31H27F2N6O3Si. The van der Waals surface area contributed by atoms with E-state index in [2.05, 4.69) is 32.0 Å². The molecule has 1 aliphatic rings. The van der Waals surface area contributed by atoms with Crippen LogP contribution < -0.4 is 20.3 Å². The van der Waals surface area contributed by atoms with Crippen molar-refractivity contribution >= 4 is 33.4 Å². The molecule has 2 heterocycles. The number of fused-ring (bicyclic) bond motifs is 1. The molecule has 9 nitrogen and oxygen atoms in total. The summed E-state index contributed by atoms with van der Waals surface area (Å²) in [6.45, 7) is 2.89. The van der Waals surface area contributed by atoms with Crippen molar-refractivity contribution in [3.05, 3.63) is 107 Å². The summed E-state index contributed by atoms with van der Waals surface area (Å²) in [6.07, 6.45) is 1.30. The Kier molecular flexibility index (Phi) is 8.12. The van der Waals surface area contributed by atoms with Gasteiger partial charge < -0.3 is 20.3 Å². The van der Waals surface area contributed by atoms with Crippen LogP contribution in [0.1, 0.15) is 44.5 Å². The number of carbonyl (C=O) groups is 2. The first-order valence-corrected chi connectivity index (χ1v) is 13.9. The fourth-order valence-corrected chi connectivity index (χ4v) is 5.29. The summed E-state index contributed by atoms with van der Waals surface area (Å²) >= 11 is 0. The second-order valence-corrected chi connectivity index (χ2v) is 11.3. The van der Waals surface area contributed by atoms with Gasteiger partial charge in [-0.05, 0) is 44.3 Å². The molecule has 217 valence electrons. The predicted octanol–water partition coefficient (Wildman–Crippen LogP) is 4.29. The second kappa shape index (κ2) is 11.8. The number of nitrogens with one attached hydrogen (secondary N) is 2. The van der Waals surface area contributed by atoms with Crippen LogP contribution in [0.3, 0.4) is 0 Å². The molecular weight excluding hydrogens is 570 g/mol. The average molecular weight is 598 g/mol. The maximum Gasteiger partial charge on any atom is 0.298 e. The maximum absolute atomic E-state index is 15.1. The van der Waals surface area contributed by atoms with Crippen LogP contribution in [0.25, 0.3) is 0 Å². The zero-order valence-corrected chi connectivity index (χ0v) is 24.4. The number of likely N-dealkylation sites (N-methyl/N-ethyl adjacent to an activating group) is 1. The van der Waals surface area contributed by atoms with Crippen molar-refractivity contribution in [2.24, 2.45) is 0 Å². The van der Waals surface area contributed by atoms with Crippen molar-refractivity contribution in [3.8, 4) is 11.8 Å². The highest BCUT2D eigenvalue weighted by atomic mass is 28.1. The molecule has 0 unspecified atom stereocenters. The highest BCUT2D eigenvalue weighted by Crippen LogP contribution is 2.38. The van der Waals surface area contributed by atoms with Gasteiger partial charge in [0.25, 0.3) is 17.7 Å². The largest absolute Gasteiger partial charge is 0.491 e. The lowest BCUT2D eigenvalue weighted by atomic mass is 9.99. The number of benzene rings is 3. The number of amides is 2. The first kappa shape index (κ1) is 29.6. The standard InChI is InChI=1S/C31H27F2N6O3Si/c1-30(43)19-38-27(25(18-36-38)28(40)37-23-10-13-26(20(16-23)17-34)42-15-14-35-2)29(41)39(30)24-11-8-22(9-12-24)31(32,33)21-6-4-3-5-7-21/h3-13,16,18,35H,14-15,19H2,1-2H3,(H,37,40)/t30-/m0/s1. The van der Waals surface area contributed by atoms with Gasteiger partial charge in [0.15, 0.2) is 0 Å². The number of aromatic nitrogens is 2. The molecule has 4 aromatic rings. The molecule has 2 amide bonds. The van der Waals surface area contributed by atoms with Crippen molar-refractivity contribution in [1.82, 2.24) is 15.1 Å². The fourth-order valence-electron chi connectivity index (χ4n) is 4.91. The van der Waals surface area contributed by atoms with Gasteiger partial charge in [-0.2, -0.15) is 19.1 Å². The van der Waals surface area contributed by atoms with Crippen LogP contribution in [0.4, 0.5) is 20.2 Å². The first-order chi connectivity index (χ1) is 20.6. The first-order valence-electron chi connectivity index (χ1n) is 13.4. The van der Waals surface area contributed by atoms with Gasteiger partial charge in [0.05, 0.1) is 34.1 Å². The molecule has 1 aliphatic heterocycles. The summed E-state index contributed by atoms with van der Waals surface area (Å²) < 4.78 is 37.3. The van der Waals surface area contributed by atoms with Gasteiger partial charge in [0.2, 0.25) is 0 Å². The summed E-state index contributed by atoms with van der Waals surface area (Å²) in [7, 11) is 5.45. The van der Waals surface area contributed by atoms with Crippen LogP contribution in [0.2, 0.25) is 0 Å². The molecule has 1 aromatic heterocycles. The van der Waals surface area contributed by atoms with Crippen molar-refractivity contribution in [3.63, 3.8) is 0 Å². The molecule has 3 aromatic carbocycles. The maximum atomic E-state index is 15.1. The number of carbonyl (C=O) groups excluding carboxylic acids is 2. The molecule has 12 heteroatoms. The fraction of sp³-hybridized carbons (Fsp3) is 0.226. The van der Waals surface area contributed by atoms with Crippen molar-refractivity contribution < 1.29 is 23.1 Å². The highest BCUT2D eigenvalue weighted by molar-refractivity contribution is 6.25. The summed E-state index contributed by atoms with van der Waals surface area (Å²) in [4.78, 5) is 28.6. The zero-order valence-electron chi connectivity index (χ0n) is 23.4. The number of nitrogens with zero attached hydrogens (tertiary/aromatic N) is 4. The Labute approximate surface area is 250 Å². The Bertz CT molecular complexity index is 1700.